The van der Waals surface area contributed by atoms with Gasteiger partial charge in [-0.2, -0.15) is 0 Å². The Balaban J connectivity index is 1.25. The van der Waals surface area contributed by atoms with Crippen molar-refractivity contribution in [2.24, 2.45) is 23.7 Å². The summed E-state index contributed by atoms with van der Waals surface area (Å²) in [7, 11) is 1.65. The van der Waals surface area contributed by atoms with Crippen molar-refractivity contribution in [2.75, 3.05) is 20.2 Å². The fourth-order valence-electron chi connectivity index (χ4n) is 6.46. The number of hydrogen-bond donors (Lipinski definition) is 2. The SMILES string of the molecule is CC(CN(C)C(=O)C1C2CCC(C2)C1NC(=O)OCC1c2ccccc2-c2ccccc21)C(=O)O. The van der Waals surface area contributed by atoms with Gasteiger partial charge in [-0.05, 0) is 53.4 Å². The van der Waals surface area contributed by atoms with E-state index < -0.39 is 18.0 Å². The summed E-state index contributed by atoms with van der Waals surface area (Å²) in [6.07, 6.45) is 2.36. The molecule has 2 saturated carbocycles. The molecular formula is C28H32N2O5. The zero-order chi connectivity index (χ0) is 24.7. The Kier molecular flexibility index (Phi) is 6.26. The Bertz CT molecular complexity index is 1100. The lowest BCUT2D eigenvalue weighted by Crippen LogP contribution is -2.51. The second kappa shape index (κ2) is 9.36. The summed E-state index contributed by atoms with van der Waals surface area (Å²) in [6.45, 7) is 1.98. The lowest BCUT2D eigenvalue weighted by Gasteiger charge is -2.33. The van der Waals surface area contributed by atoms with Gasteiger partial charge in [0.25, 0.3) is 0 Å². The second-order valence-corrected chi connectivity index (χ2v) is 10.3. The van der Waals surface area contributed by atoms with E-state index in [2.05, 4.69) is 29.6 Å². The van der Waals surface area contributed by atoms with Gasteiger partial charge < -0.3 is 20.1 Å². The third-order valence-electron chi connectivity index (χ3n) is 8.18. The molecule has 2 aromatic carbocycles. The molecule has 35 heavy (non-hydrogen) atoms. The van der Waals surface area contributed by atoms with Crippen LogP contribution >= 0.6 is 0 Å². The maximum absolute atomic E-state index is 13.3. The van der Waals surface area contributed by atoms with E-state index in [1.54, 1.807) is 14.0 Å². The zero-order valence-electron chi connectivity index (χ0n) is 20.1. The van der Waals surface area contributed by atoms with Gasteiger partial charge in [0.05, 0.1) is 11.8 Å². The molecule has 0 aromatic heterocycles. The average molecular weight is 477 g/mol. The van der Waals surface area contributed by atoms with Crippen LogP contribution in [-0.2, 0) is 14.3 Å². The molecule has 0 saturated heterocycles. The number of carboxylic acid groups (broad SMARTS) is 1. The van der Waals surface area contributed by atoms with E-state index in [1.165, 1.54) is 16.0 Å². The van der Waals surface area contributed by atoms with Gasteiger partial charge in [0.1, 0.15) is 6.61 Å². The first-order chi connectivity index (χ1) is 16.8. The number of nitrogens with one attached hydrogen (secondary N) is 1. The van der Waals surface area contributed by atoms with E-state index in [1.807, 2.05) is 24.3 Å². The maximum Gasteiger partial charge on any atom is 0.407 e. The van der Waals surface area contributed by atoms with Gasteiger partial charge in [-0.3, -0.25) is 9.59 Å². The van der Waals surface area contributed by atoms with Gasteiger partial charge in [-0.25, -0.2) is 4.79 Å². The molecule has 2 N–H and O–H groups in total. The number of rotatable bonds is 7. The van der Waals surface area contributed by atoms with Crippen LogP contribution in [0.3, 0.4) is 0 Å². The van der Waals surface area contributed by atoms with Crippen LogP contribution in [0, 0.1) is 23.7 Å². The Hall–Kier alpha value is -3.35. The third kappa shape index (κ3) is 4.28. The number of carbonyl (C=O) groups is 3. The van der Waals surface area contributed by atoms with Crippen LogP contribution in [0.4, 0.5) is 4.79 Å². The van der Waals surface area contributed by atoms with Crippen molar-refractivity contribution in [3.05, 3.63) is 59.7 Å². The molecular weight excluding hydrogens is 444 g/mol. The molecule has 2 amide bonds. The lowest BCUT2D eigenvalue weighted by molar-refractivity contribution is -0.144. The minimum Gasteiger partial charge on any atom is -0.481 e. The fourth-order valence-corrected chi connectivity index (χ4v) is 6.46. The Morgan fingerprint density at radius 1 is 1.03 bits per heavy atom. The van der Waals surface area contributed by atoms with Crippen molar-refractivity contribution in [1.82, 2.24) is 10.2 Å². The molecule has 5 rings (SSSR count). The molecule has 7 nitrogen and oxygen atoms in total. The molecule has 3 aliphatic rings. The number of alkyl carbamates (subject to hydrolysis) is 1. The summed E-state index contributed by atoms with van der Waals surface area (Å²) in [6, 6.07) is 16.1. The Labute approximate surface area is 205 Å². The molecule has 0 aliphatic heterocycles. The standard InChI is InChI=1S/C28H32N2O5/c1-16(27(32)33)14-30(2)26(31)24-17-11-12-18(13-17)25(24)29-28(34)35-15-23-21-9-5-3-7-19(21)20-8-4-6-10-22(20)23/h3-10,16-18,23-25H,11-15H2,1-2H3,(H,29,34)(H,32,33). The van der Waals surface area contributed by atoms with Crippen molar-refractivity contribution >= 4 is 18.0 Å². The minimum atomic E-state index is -0.925. The second-order valence-electron chi connectivity index (χ2n) is 10.3. The molecule has 2 fully saturated rings. The van der Waals surface area contributed by atoms with Crippen LogP contribution in [0.5, 0.6) is 0 Å². The van der Waals surface area contributed by atoms with E-state index in [9.17, 15) is 19.5 Å². The first-order valence-corrected chi connectivity index (χ1v) is 12.4. The van der Waals surface area contributed by atoms with Gasteiger partial charge in [-0.1, -0.05) is 55.5 Å². The summed E-state index contributed by atoms with van der Waals surface area (Å²) >= 11 is 0. The van der Waals surface area contributed by atoms with E-state index in [4.69, 9.17) is 4.74 Å². The smallest absolute Gasteiger partial charge is 0.407 e. The van der Waals surface area contributed by atoms with Crippen LogP contribution in [0.1, 0.15) is 43.2 Å². The normalized spacial score (nSPS) is 25.0. The van der Waals surface area contributed by atoms with Crippen molar-refractivity contribution in [3.8, 4) is 11.1 Å². The van der Waals surface area contributed by atoms with Crippen molar-refractivity contribution in [1.29, 1.82) is 0 Å². The van der Waals surface area contributed by atoms with Gasteiger partial charge >= 0.3 is 12.1 Å². The average Bonchev–Trinajstić information content (AvgIpc) is 3.54. The molecule has 5 atom stereocenters. The third-order valence-corrected chi connectivity index (χ3v) is 8.18. The zero-order valence-corrected chi connectivity index (χ0v) is 20.1. The number of nitrogens with zero attached hydrogens (tertiary/aromatic N) is 1. The summed E-state index contributed by atoms with van der Waals surface area (Å²) < 4.78 is 5.74. The monoisotopic (exact) mass is 476 g/mol. The van der Waals surface area contributed by atoms with Crippen molar-refractivity contribution in [2.45, 2.75) is 38.1 Å². The molecule has 2 aromatic rings. The topological polar surface area (TPSA) is 95.9 Å². The number of fused-ring (bicyclic) bond motifs is 5. The van der Waals surface area contributed by atoms with Crippen LogP contribution in [0.15, 0.2) is 48.5 Å². The number of carbonyl (C=O) groups excluding carboxylic acids is 2. The Morgan fingerprint density at radius 2 is 1.63 bits per heavy atom. The molecule has 0 heterocycles. The molecule has 0 radical (unpaired) electrons. The van der Waals surface area contributed by atoms with Gasteiger partial charge in [-0.15, -0.1) is 0 Å². The highest BCUT2D eigenvalue weighted by molar-refractivity contribution is 5.82. The van der Waals surface area contributed by atoms with E-state index in [-0.39, 0.29) is 48.8 Å². The lowest BCUT2D eigenvalue weighted by atomic mass is 9.83. The summed E-state index contributed by atoms with van der Waals surface area (Å²) in [5, 5.41) is 12.2. The Morgan fingerprint density at radius 3 is 2.26 bits per heavy atom. The number of benzene rings is 2. The van der Waals surface area contributed by atoms with Gasteiger partial charge in [0, 0.05) is 25.6 Å². The van der Waals surface area contributed by atoms with Crippen molar-refractivity contribution in [3.63, 3.8) is 0 Å². The predicted molar refractivity (Wildman–Crippen MR) is 131 cm³/mol. The number of carboxylic acids is 1. The van der Waals surface area contributed by atoms with Gasteiger partial charge in [0.15, 0.2) is 0 Å². The number of aliphatic carboxylic acids is 1. The highest BCUT2D eigenvalue weighted by Crippen LogP contribution is 2.49. The summed E-state index contributed by atoms with van der Waals surface area (Å²) in [4.78, 5) is 38.9. The van der Waals surface area contributed by atoms with Crippen LogP contribution in [0.25, 0.3) is 11.1 Å². The first kappa shape index (κ1) is 23.4. The highest BCUT2D eigenvalue weighted by atomic mass is 16.5. The van der Waals surface area contributed by atoms with E-state index in [0.29, 0.717) is 0 Å². The highest BCUT2D eigenvalue weighted by Gasteiger charge is 2.52. The molecule has 5 unspecified atom stereocenters. The molecule has 0 spiro atoms. The first-order valence-electron chi connectivity index (χ1n) is 12.4. The molecule has 2 bridgehead atoms. The molecule has 3 aliphatic carbocycles. The summed E-state index contributed by atoms with van der Waals surface area (Å²) in [5.74, 6) is -1.54. The van der Waals surface area contributed by atoms with E-state index in [0.717, 1.165) is 30.4 Å². The van der Waals surface area contributed by atoms with Gasteiger partial charge in [0.2, 0.25) is 5.91 Å². The largest absolute Gasteiger partial charge is 0.481 e. The maximum atomic E-state index is 13.3. The predicted octanol–water partition coefficient (Wildman–Crippen LogP) is 4.12. The molecule has 184 valence electrons. The number of hydrogen-bond acceptors (Lipinski definition) is 4. The summed E-state index contributed by atoms with van der Waals surface area (Å²) in [5.41, 5.74) is 4.66. The fraction of sp³-hybridized carbons (Fsp3) is 0.464. The van der Waals surface area contributed by atoms with Crippen LogP contribution in [0.2, 0.25) is 0 Å². The number of amides is 2. The van der Waals surface area contributed by atoms with Crippen LogP contribution < -0.4 is 5.32 Å². The number of ether oxygens (including phenoxy) is 1. The minimum absolute atomic E-state index is 0.0192. The van der Waals surface area contributed by atoms with E-state index >= 15 is 0 Å². The molecule has 7 heteroatoms. The quantitative estimate of drug-likeness (QED) is 0.627. The van der Waals surface area contributed by atoms with Crippen molar-refractivity contribution < 1.29 is 24.2 Å². The van der Waals surface area contributed by atoms with Crippen LogP contribution in [-0.4, -0.2) is 54.2 Å².